The molecule has 1 amide bonds. The topological polar surface area (TPSA) is 126 Å². The number of ether oxygens (including phenoxy) is 2. The molecule has 2 atom stereocenters. The number of sulfone groups is 1. The summed E-state index contributed by atoms with van der Waals surface area (Å²) in [6.45, 7) is 0.273. The standard InChI is InChI=1S/C34H32BrF2N3O6S/c35-26-12-8-24(9-13-26)31-34(17-20-47(43,44)28-5-2-1-3-6-28,33(42)40-38-22-23-7-16-29(36)30(37)21-23)39-32(46-31)25-10-14-27(15-11-25)45-19-4-18-41/h1-3,5-16,21,31,38,41H,4,17-20,22H2,(H,40,42)/t31-,34-/m0/s1. The Morgan fingerprint density at radius 3 is 2.38 bits per heavy atom. The highest BCUT2D eigenvalue weighted by atomic mass is 79.9. The highest BCUT2D eigenvalue weighted by Crippen LogP contribution is 2.43. The van der Waals surface area contributed by atoms with Crippen LogP contribution in [0.3, 0.4) is 0 Å². The maximum Gasteiger partial charge on any atom is 0.266 e. The summed E-state index contributed by atoms with van der Waals surface area (Å²) >= 11 is 3.42. The summed E-state index contributed by atoms with van der Waals surface area (Å²) in [6, 6.07) is 25.2. The van der Waals surface area contributed by atoms with Gasteiger partial charge in [0.25, 0.3) is 5.91 Å². The number of hydrogen-bond donors (Lipinski definition) is 3. The van der Waals surface area contributed by atoms with Gasteiger partial charge in [-0.05, 0) is 71.8 Å². The molecule has 0 unspecified atom stereocenters. The number of hydrogen-bond acceptors (Lipinski definition) is 8. The summed E-state index contributed by atoms with van der Waals surface area (Å²) in [4.78, 5) is 19.1. The van der Waals surface area contributed by atoms with Gasteiger partial charge in [0.1, 0.15) is 5.75 Å². The van der Waals surface area contributed by atoms with E-state index in [0.29, 0.717) is 35.5 Å². The monoisotopic (exact) mass is 727 g/mol. The van der Waals surface area contributed by atoms with Crippen LogP contribution in [0.5, 0.6) is 5.75 Å². The van der Waals surface area contributed by atoms with Crippen molar-refractivity contribution in [3.8, 4) is 5.75 Å². The lowest BCUT2D eigenvalue weighted by Crippen LogP contribution is -2.53. The molecule has 0 bridgehead atoms. The lowest BCUT2D eigenvalue weighted by molar-refractivity contribution is -0.130. The fourth-order valence-corrected chi connectivity index (χ4v) is 6.68. The molecule has 1 aliphatic heterocycles. The molecule has 1 heterocycles. The molecular weight excluding hydrogens is 696 g/mol. The number of nitrogens with one attached hydrogen (secondary N) is 2. The molecule has 0 aliphatic carbocycles. The van der Waals surface area contributed by atoms with E-state index in [9.17, 15) is 22.0 Å². The van der Waals surface area contributed by atoms with Crippen LogP contribution < -0.4 is 15.6 Å². The summed E-state index contributed by atoms with van der Waals surface area (Å²) in [5.74, 6) is -2.47. The van der Waals surface area contributed by atoms with Crippen molar-refractivity contribution in [3.63, 3.8) is 0 Å². The highest BCUT2D eigenvalue weighted by molar-refractivity contribution is 9.10. The van der Waals surface area contributed by atoms with Gasteiger partial charge in [-0.15, -0.1) is 0 Å². The van der Waals surface area contributed by atoms with Gasteiger partial charge in [-0.2, -0.15) is 0 Å². The maximum absolute atomic E-state index is 14.2. The lowest BCUT2D eigenvalue weighted by Gasteiger charge is -2.30. The van der Waals surface area contributed by atoms with Crippen LogP contribution in [-0.4, -0.2) is 49.8 Å². The zero-order valence-corrected chi connectivity index (χ0v) is 27.4. The average Bonchev–Trinajstić information content (AvgIpc) is 3.47. The minimum atomic E-state index is -3.85. The summed E-state index contributed by atoms with van der Waals surface area (Å²) in [7, 11) is -3.85. The number of aliphatic hydroxyl groups excluding tert-OH is 1. The van der Waals surface area contributed by atoms with Crippen molar-refractivity contribution in [2.75, 3.05) is 19.0 Å². The first kappa shape index (κ1) is 34.2. The Bertz CT molecular complexity index is 1830. The Morgan fingerprint density at radius 2 is 1.70 bits per heavy atom. The summed E-state index contributed by atoms with van der Waals surface area (Å²) < 4.78 is 67.0. The number of amides is 1. The summed E-state index contributed by atoms with van der Waals surface area (Å²) in [6.07, 6.45) is -0.822. The van der Waals surface area contributed by atoms with Gasteiger partial charge in [-0.1, -0.05) is 52.3 Å². The van der Waals surface area contributed by atoms with Crippen LogP contribution in [0.1, 0.15) is 35.6 Å². The van der Waals surface area contributed by atoms with E-state index >= 15 is 0 Å². The van der Waals surface area contributed by atoms with Gasteiger partial charge in [0, 0.05) is 36.0 Å². The molecule has 47 heavy (non-hydrogen) atoms. The molecule has 4 aromatic rings. The Morgan fingerprint density at radius 1 is 0.979 bits per heavy atom. The third kappa shape index (κ3) is 8.22. The predicted molar refractivity (Wildman–Crippen MR) is 175 cm³/mol. The molecule has 3 N–H and O–H groups in total. The van der Waals surface area contributed by atoms with E-state index < -0.39 is 44.8 Å². The van der Waals surface area contributed by atoms with Gasteiger partial charge >= 0.3 is 0 Å². The second-order valence-corrected chi connectivity index (χ2v) is 13.8. The summed E-state index contributed by atoms with van der Waals surface area (Å²) in [5, 5.41) is 9.03. The van der Waals surface area contributed by atoms with Crippen LogP contribution in [0.15, 0.2) is 111 Å². The van der Waals surface area contributed by atoms with E-state index in [0.717, 1.165) is 16.6 Å². The van der Waals surface area contributed by atoms with Crippen LogP contribution in [-0.2, 0) is 25.9 Å². The Kier molecular flexibility index (Phi) is 11.0. The molecule has 4 aromatic carbocycles. The number of carbonyl (C=O) groups excluding carboxylic acids is 1. The molecule has 0 saturated heterocycles. The Hall–Kier alpha value is -4.17. The van der Waals surface area contributed by atoms with Crippen LogP contribution in [0.25, 0.3) is 0 Å². The molecule has 0 aromatic heterocycles. The van der Waals surface area contributed by atoms with Gasteiger partial charge in [0.05, 0.1) is 17.3 Å². The van der Waals surface area contributed by atoms with E-state index in [-0.39, 0.29) is 30.4 Å². The van der Waals surface area contributed by atoms with Gasteiger partial charge < -0.3 is 14.6 Å². The minimum absolute atomic E-state index is 0.0000412. The largest absolute Gasteiger partial charge is 0.494 e. The molecule has 0 spiro atoms. The third-order valence-electron chi connectivity index (χ3n) is 7.54. The molecule has 5 rings (SSSR count). The third-order valence-corrected chi connectivity index (χ3v) is 9.80. The minimum Gasteiger partial charge on any atom is -0.494 e. The first-order chi connectivity index (χ1) is 22.6. The summed E-state index contributed by atoms with van der Waals surface area (Å²) in [5.41, 5.74) is 5.04. The van der Waals surface area contributed by atoms with E-state index in [4.69, 9.17) is 19.6 Å². The number of carbonyl (C=O) groups is 1. The molecule has 0 radical (unpaired) electrons. The maximum atomic E-state index is 14.2. The number of hydrazine groups is 1. The second-order valence-electron chi connectivity index (χ2n) is 10.8. The van der Waals surface area contributed by atoms with E-state index in [1.54, 1.807) is 66.7 Å². The number of rotatable bonds is 14. The Balaban J connectivity index is 1.51. The zero-order chi connectivity index (χ0) is 33.4. The number of nitrogens with zero attached hydrogens (tertiary/aromatic N) is 1. The van der Waals surface area contributed by atoms with E-state index in [2.05, 4.69) is 26.8 Å². The van der Waals surface area contributed by atoms with Crippen LogP contribution >= 0.6 is 15.9 Å². The molecular formula is C34H32BrF2N3O6S. The Labute approximate surface area is 279 Å². The fourth-order valence-electron chi connectivity index (χ4n) is 5.03. The number of aliphatic hydroxyl groups is 1. The van der Waals surface area contributed by atoms with Crippen LogP contribution in [0.4, 0.5) is 8.78 Å². The lowest BCUT2D eigenvalue weighted by atomic mass is 9.85. The number of aliphatic imine (C=N–C) groups is 1. The van der Waals surface area contributed by atoms with Gasteiger partial charge in [-0.25, -0.2) is 27.6 Å². The van der Waals surface area contributed by atoms with Gasteiger partial charge in [-0.3, -0.25) is 10.2 Å². The second kappa shape index (κ2) is 15.2. The van der Waals surface area contributed by atoms with Crippen molar-refractivity contribution in [3.05, 3.63) is 130 Å². The smallest absolute Gasteiger partial charge is 0.266 e. The van der Waals surface area contributed by atoms with Crippen molar-refractivity contribution in [1.82, 2.24) is 10.9 Å². The van der Waals surface area contributed by atoms with Crippen LogP contribution in [0.2, 0.25) is 0 Å². The molecule has 246 valence electrons. The normalized spacial score (nSPS) is 17.5. The average molecular weight is 729 g/mol. The highest BCUT2D eigenvalue weighted by Gasteiger charge is 2.53. The number of halogens is 3. The first-order valence-corrected chi connectivity index (χ1v) is 17.2. The van der Waals surface area contributed by atoms with Crippen molar-refractivity contribution in [2.45, 2.75) is 35.9 Å². The quantitative estimate of drug-likeness (QED) is 0.117. The van der Waals surface area contributed by atoms with E-state index in [1.165, 1.54) is 18.2 Å². The van der Waals surface area contributed by atoms with Crippen molar-refractivity contribution >= 4 is 37.6 Å². The molecule has 13 heteroatoms. The van der Waals surface area contributed by atoms with Crippen molar-refractivity contribution in [1.29, 1.82) is 0 Å². The van der Waals surface area contributed by atoms with Crippen molar-refractivity contribution < 1.29 is 36.6 Å². The van der Waals surface area contributed by atoms with E-state index in [1.807, 2.05) is 0 Å². The fraction of sp³-hybridized carbons (Fsp3) is 0.235. The molecule has 0 fully saturated rings. The number of benzene rings is 4. The van der Waals surface area contributed by atoms with Crippen molar-refractivity contribution in [2.24, 2.45) is 4.99 Å². The SMILES string of the molecule is O=C(NNCc1ccc(F)c(F)c1)[C@@]1(CCS(=O)(=O)c2ccccc2)N=C(c2ccc(OCCCO)cc2)O[C@H]1c1ccc(Br)cc1. The van der Waals surface area contributed by atoms with Gasteiger partial charge in [0.15, 0.2) is 33.1 Å². The van der Waals surface area contributed by atoms with Gasteiger partial charge in [0.2, 0.25) is 5.90 Å². The molecule has 9 nitrogen and oxygen atoms in total. The first-order valence-electron chi connectivity index (χ1n) is 14.7. The molecule has 1 aliphatic rings. The molecule has 0 saturated carbocycles. The van der Waals surface area contributed by atoms with Crippen LogP contribution in [0, 0.1) is 11.6 Å². The zero-order valence-electron chi connectivity index (χ0n) is 25.0. The predicted octanol–water partition coefficient (Wildman–Crippen LogP) is 5.43.